The third-order valence-corrected chi connectivity index (χ3v) is 3.56. The van der Waals surface area contributed by atoms with Crippen molar-refractivity contribution in [2.45, 2.75) is 13.8 Å². The number of halogens is 1. The Bertz CT molecular complexity index is 679. The molecule has 5 nitrogen and oxygen atoms in total. The highest BCUT2D eigenvalue weighted by molar-refractivity contribution is 9.10. The molecule has 2 N–H and O–H groups in total. The Morgan fingerprint density at radius 2 is 2.00 bits per heavy atom. The first-order chi connectivity index (χ1) is 10.0. The van der Waals surface area contributed by atoms with Gasteiger partial charge in [-0.05, 0) is 53.5 Å². The van der Waals surface area contributed by atoms with Crippen molar-refractivity contribution in [3.63, 3.8) is 0 Å². The number of amides is 2. The number of hydrogen-bond donors (Lipinski definition) is 2. The van der Waals surface area contributed by atoms with Crippen LogP contribution in [0.25, 0.3) is 0 Å². The van der Waals surface area contributed by atoms with Crippen LogP contribution in [0, 0.1) is 6.92 Å². The molecule has 2 rings (SSSR count). The minimum Gasteiger partial charge on any atom is -0.457 e. The molecule has 21 heavy (non-hydrogen) atoms. The lowest BCUT2D eigenvalue weighted by atomic mass is 10.1. The van der Waals surface area contributed by atoms with E-state index in [0.717, 1.165) is 5.56 Å². The van der Waals surface area contributed by atoms with Crippen molar-refractivity contribution in [3.8, 4) is 0 Å². The van der Waals surface area contributed by atoms with Gasteiger partial charge in [-0.25, -0.2) is 0 Å². The average Bonchev–Trinajstić information content (AvgIpc) is 2.87. The van der Waals surface area contributed by atoms with Crippen LogP contribution in [0.4, 0.5) is 5.69 Å². The van der Waals surface area contributed by atoms with E-state index in [2.05, 4.69) is 26.6 Å². The van der Waals surface area contributed by atoms with Gasteiger partial charge in [0.1, 0.15) is 0 Å². The van der Waals surface area contributed by atoms with Gasteiger partial charge in [0.15, 0.2) is 4.67 Å². The van der Waals surface area contributed by atoms with Gasteiger partial charge in [0.25, 0.3) is 11.8 Å². The molecule has 2 aromatic rings. The summed E-state index contributed by atoms with van der Waals surface area (Å²) in [4.78, 5) is 24.0. The summed E-state index contributed by atoms with van der Waals surface area (Å²) >= 11 is 3.17. The third kappa shape index (κ3) is 3.52. The van der Waals surface area contributed by atoms with Crippen LogP contribution >= 0.6 is 15.9 Å². The molecule has 6 heteroatoms. The molecule has 0 bridgehead atoms. The van der Waals surface area contributed by atoms with E-state index >= 15 is 0 Å². The number of carbonyl (C=O) groups is 2. The van der Waals surface area contributed by atoms with Crippen LogP contribution in [0.5, 0.6) is 0 Å². The summed E-state index contributed by atoms with van der Waals surface area (Å²) in [6.45, 7) is 4.27. The third-order valence-electron chi connectivity index (χ3n) is 2.95. The molecule has 0 saturated carbocycles. The lowest BCUT2D eigenvalue weighted by molar-refractivity contribution is 0.0954. The molecule has 0 atom stereocenters. The van der Waals surface area contributed by atoms with Gasteiger partial charge in [0.05, 0.1) is 11.8 Å². The summed E-state index contributed by atoms with van der Waals surface area (Å²) in [7, 11) is 0. The van der Waals surface area contributed by atoms with Gasteiger partial charge in [-0.2, -0.15) is 0 Å². The average molecular weight is 351 g/mol. The molecule has 1 aromatic carbocycles. The standard InChI is InChI=1S/C15H15BrN2O3/c1-3-17-14(19)10-5-4-9(2)12(8-10)18-15(20)11-6-7-21-13(11)16/h4-8H,3H2,1-2H3,(H,17,19)(H,18,20). The summed E-state index contributed by atoms with van der Waals surface area (Å²) in [5.41, 5.74) is 2.37. The first-order valence-electron chi connectivity index (χ1n) is 6.46. The van der Waals surface area contributed by atoms with Crippen molar-refractivity contribution in [2.75, 3.05) is 11.9 Å². The van der Waals surface area contributed by atoms with Gasteiger partial charge in [-0.3, -0.25) is 9.59 Å². The zero-order valence-electron chi connectivity index (χ0n) is 11.7. The first kappa shape index (κ1) is 15.3. The van der Waals surface area contributed by atoms with Crippen LogP contribution in [-0.2, 0) is 0 Å². The topological polar surface area (TPSA) is 71.3 Å². The zero-order valence-corrected chi connectivity index (χ0v) is 13.3. The fourth-order valence-electron chi connectivity index (χ4n) is 1.81. The molecule has 0 fully saturated rings. The number of nitrogens with one attached hydrogen (secondary N) is 2. The number of anilines is 1. The van der Waals surface area contributed by atoms with Crippen molar-refractivity contribution in [2.24, 2.45) is 0 Å². The Hall–Kier alpha value is -2.08. The van der Waals surface area contributed by atoms with Crippen molar-refractivity contribution >= 4 is 33.4 Å². The number of rotatable bonds is 4. The second-order valence-electron chi connectivity index (χ2n) is 4.45. The molecule has 1 heterocycles. The van der Waals surface area contributed by atoms with E-state index in [9.17, 15) is 9.59 Å². The van der Waals surface area contributed by atoms with E-state index in [1.807, 2.05) is 13.8 Å². The van der Waals surface area contributed by atoms with E-state index in [1.54, 1.807) is 24.3 Å². The van der Waals surface area contributed by atoms with Crippen LogP contribution in [0.3, 0.4) is 0 Å². The van der Waals surface area contributed by atoms with E-state index < -0.39 is 0 Å². The highest BCUT2D eigenvalue weighted by Crippen LogP contribution is 2.21. The normalized spacial score (nSPS) is 10.2. The molecule has 1 aromatic heterocycles. The number of aryl methyl sites for hydroxylation is 1. The smallest absolute Gasteiger partial charge is 0.260 e. The Labute approximate surface area is 130 Å². The highest BCUT2D eigenvalue weighted by Gasteiger charge is 2.15. The molecule has 0 spiro atoms. The van der Waals surface area contributed by atoms with E-state index in [1.165, 1.54) is 6.26 Å². The maximum atomic E-state index is 12.2. The molecule has 110 valence electrons. The zero-order chi connectivity index (χ0) is 15.4. The largest absolute Gasteiger partial charge is 0.457 e. The van der Waals surface area contributed by atoms with Gasteiger partial charge in [0, 0.05) is 17.8 Å². The first-order valence-corrected chi connectivity index (χ1v) is 7.25. The van der Waals surface area contributed by atoms with Gasteiger partial charge in [0.2, 0.25) is 0 Å². The Morgan fingerprint density at radius 1 is 1.24 bits per heavy atom. The van der Waals surface area contributed by atoms with Crippen LogP contribution in [0.15, 0.2) is 39.6 Å². The summed E-state index contributed by atoms with van der Waals surface area (Å²) in [5.74, 6) is -0.468. The second kappa shape index (κ2) is 6.58. The maximum absolute atomic E-state index is 12.2. The Kier molecular flexibility index (Phi) is 4.80. The Morgan fingerprint density at radius 3 is 2.62 bits per heavy atom. The minimum absolute atomic E-state index is 0.169. The maximum Gasteiger partial charge on any atom is 0.260 e. The van der Waals surface area contributed by atoms with Gasteiger partial charge >= 0.3 is 0 Å². The van der Waals surface area contributed by atoms with E-state index in [4.69, 9.17) is 4.42 Å². The monoisotopic (exact) mass is 350 g/mol. The molecule has 0 aliphatic carbocycles. The molecular formula is C15H15BrN2O3. The van der Waals surface area contributed by atoms with Crippen LogP contribution in [-0.4, -0.2) is 18.4 Å². The lowest BCUT2D eigenvalue weighted by Crippen LogP contribution is -2.23. The fourth-order valence-corrected chi connectivity index (χ4v) is 2.23. The van der Waals surface area contributed by atoms with Crippen LogP contribution in [0.2, 0.25) is 0 Å². The predicted octanol–water partition coefficient (Wildman–Crippen LogP) is 3.35. The quantitative estimate of drug-likeness (QED) is 0.887. The predicted molar refractivity (Wildman–Crippen MR) is 83.5 cm³/mol. The summed E-state index contributed by atoms with van der Waals surface area (Å²) in [5, 5.41) is 5.51. The number of furan rings is 1. The second-order valence-corrected chi connectivity index (χ2v) is 5.17. The Balaban J connectivity index is 2.23. The summed E-state index contributed by atoms with van der Waals surface area (Å²) < 4.78 is 5.41. The summed E-state index contributed by atoms with van der Waals surface area (Å²) in [6.07, 6.45) is 1.43. The molecule has 0 aliphatic heterocycles. The van der Waals surface area contributed by atoms with Crippen molar-refractivity contribution in [1.82, 2.24) is 5.32 Å². The van der Waals surface area contributed by atoms with Crippen molar-refractivity contribution < 1.29 is 14.0 Å². The molecule has 0 unspecified atom stereocenters. The van der Waals surface area contributed by atoms with Gasteiger partial charge in [-0.1, -0.05) is 6.07 Å². The van der Waals surface area contributed by atoms with Crippen molar-refractivity contribution in [1.29, 1.82) is 0 Å². The van der Waals surface area contributed by atoms with E-state index in [0.29, 0.717) is 28.0 Å². The molecule has 0 aliphatic rings. The lowest BCUT2D eigenvalue weighted by Gasteiger charge is -2.10. The number of benzene rings is 1. The number of carbonyl (C=O) groups excluding carboxylic acids is 2. The molecule has 2 amide bonds. The van der Waals surface area contributed by atoms with Crippen LogP contribution in [0.1, 0.15) is 33.2 Å². The number of hydrogen-bond acceptors (Lipinski definition) is 3. The SMILES string of the molecule is CCNC(=O)c1ccc(C)c(NC(=O)c2ccoc2Br)c1. The van der Waals surface area contributed by atoms with Crippen molar-refractivity contribution in [3.05, 3.63) is 51.9 Å². The highest BCUT2D eigenvalue weighted by atomic mass is 79.9. The van der Waals surface area contributed by atoms with Gasteiger partial charge in [-0.15, -0.1) is 0 Å². The summed E-state index contributed by atoms with van der Waals surface area (Å²) in [6, 6.07) is 6.75. The fraction of sp³-hybridized carbons (Fsp3) is 0.200. The van der Waals surface area contributed by atoms with E-state index in [-0.39, 0.29) is 11.8 Å². The molecule has 0 saturated heterocycles. The van der Waals surface area contributed by atoms with Gasteiger partial charge < -0.3 is 15.1 Å². The molecule has 0 radical (unpaired) electrons. The van der Waals surface area contributed by atoms with Crippen LogP contribution < -0.4 is 10.6 Å². The molecular weight excluding hydrogens is 336 g/mol. The minimum atomic E-state index is -0.299.